The van der Waals surface area contributed by atoms with Crippen LogP contribution in [-0.2, 0) is 14.4 Å². The van der Waals surface area contributed by atoms with Gasteiger partial charge in [0.1, 0.15) is 0 Å². The third-order valence-corrected chi connectivity index (χ3v) is 5.40. The SMILES string of the molecule is CC(=O)NC12CC3CC(NC(C)=O)(C1)CC(C(=O)O)(C3)C2. The molecule has 0 aliphatic heterocycles. The molecule has 2 amide bonds. The van der Waals surface area contributed by atoms with Crippen LogP contribution in [0.4, 0.5) is 0 Å². The van der Waals surface area contributed by atoms with Gasteiger partial charge in [-0.05, 0) is 44.4 Å². The molecule has 2 unspecified atom stereocenters. The number of rotatable bonds is 3. The predicted octanol–water partition coefficient (Wildman–Crippen LogP) is 0.805. The summed E-state index contributed by atoms with van der Waals surface area (Å²) in [5.74, 6) is -0.807. The second-order valence-corrected chi connectivity index (χ2v) is 7.52. The molecule has 6 nitrogen and oxygen atoms in total. The van der Waals surface area contributed by atoms with Crippen LogP contribution in [0.2, 0.25) is 0 Å². The van der Waals surface area contributed by atoms with Crippen LogP contribution in [0.3, 0.4) is 0 Å². The van der Waals surface area contributed by atoms with Crippen molar-refractivity contribution >= 4 is 17.8 Å². The molecule has 0 aromatic rings. The van der Waals surface area contributed by atoms with E-state index in [9.17, 15) is 19.5 Å². The van der Waals surface area contributed by atoms with Gasteiger partial charge in [-0.2, -0.15) is 0 Å². The first kappa shape index (κ1) is 14.4. The number of carboxylic acid groups (broad SMARTS) is 1. The fourth-order valence-corrected chi connectivity index (χ4v) is 5.70. The second-order valence-electron chi connectivity index (χ2n) is 7.52. The van der Waals surface area contributed by atoms with E-state index in [-0.39, 0.29) is 17.7 Å². The van der Waals surface area contributed by atoms with Gasteiger partial charge in [0.2, 0.25) is 11.8 Å². The van der Waals surface area contributed by atoms with Crippen molar-refractivity contribution in [2.45, 2.75) is 63.5 Å². The average molecular weight is 294 g/mol. The van der Waals surface area contributed by atoms with E-state index in [4.69, 9.17) is 0 Å². The molecule has 0 aromatic heterocycles. The largest absolute Gasteiger partial charge is 0.481 e. The maximum Gasteiger partial charge on any atom is 0.309 e. The van der Waals surface area contributed by atoms with Crippen molar-refractivity contribution in [1.82, 2.24) is 10.6 Å². The maximum absolute atomic E-state index is 11.9. The van der Waals surface area contributed by atoms with Crippen molar-refractivity contribution in [3.63, 3.8) is 0 Å². The Labute approximate surface area is 123 Å². The zero-order chi connectivity index (χ0) is 15.5. The lowest BCUT2D eigenvalue weighted by Gasteiger charge is -2.65. The summed E-state index contributed by atoms with van der Waals surface area (Å²) in [5, 5.41) is 15.8. The first-order chi connectivity index (χ1) is 9.68. The Hall–Kier alpha value is -1.59. The zero-order valence-corrected chi connectivity index (χ0v) is 12.5. The molecule has 4 rings (SSSR count). The highest BCUT2D eigenvalue weighted by Gasteiger charge is 2.66. The molecule has 4 bridgehead atoms. The first-order valence-corrected chi connectivity index (χ1v) is 7.49. The van der Waals surface area contributed by atoms with Gasteiger partial charge in [0, 0.05) is 24.9 Å². The maximum atomic E-state index is 11.9. The van der Waals surface area contributed by atoms with Gasteiger partial charge in [0.15, 0.2) is 0 Å². The third kappa shape index (κ3) is 2.21. The van der Waals surface area contributed by atoms with Crippen molar-refractivity contribution in [2.24, 2.45) is 11.3 Å². The molecule has 0 heterocycles. The Morgan fingerprint density at radius 1 is 0.905 bits per heavy atom. The minimum Gasteiger partial charge on any atom is -0.481 e. The highest BCUT2D eigenvalue weighted by Crippen LogP contribution is 2.63. The summed E-state index contributed by atoms with van der Waals surface area (Å²) in [6.45, 7) is 2.94. The van der Waals surface area contributed by atoms with Gasteiger partial charge in [-0.25, -0.2) is 0 Å². The van der Waals surface area contributed by atoms with E-state index in [2.05, 4.69) is 10.6 Å². The Kier molecular flexibility index (Phi) is 2.88. The van der Waals surface area contributed by atoms with Crippen molar-refractivity contribution in [1.29, 1.82) is 0 Å². The summed E-state index contributed by atoms with van der Waals surface area (Å²) in [6, 6.07) is 0. The summed E-state index contributed by atoms with van der Waals surface area (Å²) < 4.78 is 0. The van der Waals surface area contributed by atoms with Crippen LogP contribution in [0.5, 0.6) is 0 Å². The smallest absolute Gasteiger partial charge is 0.309 e. The van der Waals surface area contributed by atoms with Crippen LogP contribution < -0.4 is 10.6 Å². The van der Waals surface area contributed by atoms with Gasteiger partial charge >= 0.3 is 5.97 Å². The zero-order valence-electron chi connectivity index (χ0n) is 12.5. The van der Waals surface area contributed by atoms with E-state index in [1.807, 2.05) is 0 Å². The summed E-state index contributed by atoms with van der Waals surface area (Å²) in [5.41, 5.74) is -1.78. The van der Waals surface area contributed by atoms with Crippen LogP contribution >= 0.6 is 0 Å². The Bertz CT molecular complexity index is 498. The van der Waals surface area contributed by atoms with Crippen molar-refractivity contribution < 1.29 is 19.5 Å². The number of carbonyl (C=O) groups is 3. The molecule has 0 spiro atoms. The molecule has 4 aliphatic carbocycles. The number of aliphatic carboxylic acids is 1. The molecule has 0 radical (unpaired) electrons. The van der Waals surface area contributed by atoms with Crippen LogP contribution in [0.1, 0.15) is 52.4 Å². The average Bonchev–Trinajstić information content (AvgIpc) is 2.22. The van der Waals surface area contributed by atoms with Gasteiger partial charge in [-0.1, -0.05) is 0 Å². The highest BCUT2D eigenvalue weighted by molar-refractivity contribution is 5.79. The van der Waals surface area contributed by atoms with Gasteiger partial charge in [-0.15, -0.1) is 0 Å². The molecule has 116 valence electrons. The Morgan fingerprint density at radius 2 is 1.38 bits per heavy atom. The summed E-state index contributed by atoms with van der Waals surface area (Å²) in [4.78, 5) is 35.0. The fraction of sp³-hybridized carbons (Fsp3) is 0.800. The second kappa shape index (κ2) is 4.21. The fourth-order valence-electron chi connectivity index (χ4n) is 5.70. The van der Waals surface area contributed by atoms with Crippen LogP contribution in [0.15, 0.2) is 0 Å². The molecule has 0 saturated heterocycles. The van der Waals surface area contributed by atoms with E-state index in [1.165, 1.54) is 13.8 Å². The number of amides is 2. The van der Waals surface area contributed by atoms with Gasteiger partial charge < -0.3 is 15.7 Å². The molecular formula is C15H22N2O4. The van der Waals surface area contributed by atoms with Gasteiger partial charge in [-0.3, -0.25) is 14.4 Å². The molecule has 3 N–H and O–H groups in total. The van der Waals surface area contributed by atoms with Crippen LogP contribution in [-0.4, -0.2) is 34.0 Å². The summed E-state index contributed by atoms with van der Waals surface area (Å²) in [6.07, 6.45) is 3.90. The normalized spacial score (nSPS) is 43.4. The third-order valence-electron chi connectivity index (χ3n) is 5.40. The van der Waals surface area contributed by atoms with E-state index >= 15 is 0 Å². The lowest BCUT2D eigenvalue weighted by Crippen LogP contribution is -2.73. The van der Waals surface area contributed by atoms with Crippen LogP contribution in [0.25, 0.3) is 0 Å². The highest BCUT2D eigenvalue weighted by atomic mass is 16.4. The lowest BCUT2D eigenvalue weighted by molar-refractivity contribution is -0.175. The molecule has 4 fully saturated rings. The Balaban J connectivity index is 2.01. The number of carboxylic acids is 1. The van der Waals surface area contributed by atoms with Gasteiger partial charge in [0.05, 0.1) is 5.41 Å². The number of hydrogen-bond acceptors (Lipinski definition) is 3. The van der Waals surface area contributed by atoms with E-state index < -0.39 is 22.5 Å². The quantitative estimate of drug-likeness (QED) is 0.717. The van der Waals surface area contributed by atoms with Crippen molar-refractivity contribution in [3.8, 4) is 0 Å². The monoisotopic (exact) mass is 294 g/mol. The number of hydrogen-bond donors (Lipinski definition) is 3. The van der Waals surface area contributed by atoms with Gasteiger partial charge in [0.25, 0.3) is 0 Å². The summed E-state index contributed by atoms with van der Waals surface area (Å²) in [7, 11) is 0. The minimum atomic E-state index is -0.815. The first-order valence-electron chi connectivity index (χ1n) is 7.49. The van der Waals surface area contributed by atoms with E-state index in [0.29, 0.717) is 25.7 Å². The predicted molar refractivity (Wildman–Crippen MR) is 74.4 cm³/mol. The number of nitrogens with one attached hydrogen (secondary N) is 2. The van der Waals surface area contributed by atoms with Crippen LogP contribution in [0, 0.1) is 11.3 Å². The van der Waals surface area contributed by atoms with E-state index in [0.717, 1.165) is 12.8 Å². The Morgan fingerprint density at radius 3 is 1.76 bits per heavy atom. The summed E-state index contributed by atoms with van der Waals surface area (Å²) >= 11 is 0. The molecule has 21 heavy (non-hydrogen) atoms. The lowest BCUT2D eigenvalue weighted by atomic mass is 9.44. The molecule has 4 aliphatic rings. The van der Waals surface area contributed by atoms with Crippen molar-refractivity contribution in [2.75, 3.05) is 0 Å². The molecular weight excluding hydrogens is 272 g/mol. The molecule has 4 saturated carbocycles. The molecule has 2 atom stereocenters. The molecule has 6 heteroatoms. The molecule has 0 aromatic carbocycles. The van der Waals surface area contributed by atoms with Crippen molar-refractivity contribution in [3.05, 3.63) is 0 Å². The minimum absolute atomic E-state index is 0.129. The topological polar surface area (TPSA) is 95.5 Å². The van der Waals surface area contributed by atoms with E-state index in [1.54, 1.807) is 0 Å². The standard InChI is InChI=1S/C15H22N2O4/c1-9(18)16-14-4-11-3-13(6-14,12(20)21)7-15(5-11,8-14)17-10(2)19/h11H,3-8H2,1-2H3,(H,16,18)(H,17,19)(H,20,21). The number of carbonyl (C=O) groups excluding carboxylic acids is 2.